The maximum atomic E-state index is 5.44. The van der Waals surface area contributed by atoms with Crippen molar-refractivity contribution in [2.24, 2.45) is 5.73 Å². The Balaban J connectivity index is 0. The third-order valence-corrected chi connectivity index (χ3v) is 2.61. The molecule has 0 aliphatic heterocycles. The van der Waals surface area contributed by atoms with Crippen molar-refractivity contribution in [2.45, 2.75) is 53.9 Å². The summed E-state index contributed by atoms with van der Waals surface area (Å²) in [4.78, 5) is 6.34. The van der Waals surface area contributed by atoms with E-state index in [4.69, 9.17) is 5.73 Å². The highest BCUT2D eigenvalue weighted by Gasteiger charge is 1.99. The van der Waals surface area contributed by atoms with Gasteiger partial charge in [0, 0.05) is 12.4 Å². The fourth-order valence-electron chi connectivity index (χ4n) is 1.71. The lowest BCUT2D eigenvalue weighted by molar-refractivity contribution is 0.273. The summed E-state index contributed by atoms with van der Waals surface area (Å²) in [5, 5.41) is 0. The van der Waals surface area contributed by atoms with Gasteiger partial charge in [-0.1, -0.05) is 27.7 Å². The molecule has 20 heavy (non-hydrogen) atoms. The Morgan fingerprint density at radius 1 is 1.00 bits per heavy atom. The lowest BCUT2D eigenvalue weighted by atomic mass is 10.3. The molecule has 0 aliphatic carbocycles. The minimum atomic E-state index is 0.823. The lowest BCUT2D eigenvalue weighted by Crippen LogP contribution is -2.27. The highest BCUT2D eigenvalue weighted by molar-refractivity contribution is 5.05. The van der Waals surface area contributed by atoms with Crippen molar-refractivity contribution in [3.8, 4) is 0 Å². The first kappa shape index (κ1) is 21.4. The maximum absolute atomic E-state index is 5.44. The van der Waals surface area contributed by atoms with Crippen molar-refractivity contribution in [3.63, 3.8) is 0 Å². The van der Waals surface area contributed by atoms with Gasteiger partial charge in [-0.3, -0.25) is 4.98 Å². The van der Waals surface area contributed by atoms with Crippen molar-refractivity contribution in [3.05, 3.63) is 30.1 Å². The number of pyridine rings is 1. The summed E-state index contributed by atoms with van der Waals surface area (Å²) in [5.41, 5.74) is 6.70. The third-order valence-electron chi connectivity index (χ3n) is 2.61. The summed E-state index contributed by atoms with van der Waals surface area (Å²) < 4.78 is 0. The van der Waals surface area contributed by atoms with Gasteiger partial charge >= 0.3 is 0 Å². The second kappa shape index (κ2) is 18.1. The second-order valence-electron chi connectivity index (χ2n) is 4.51. The monoisotopic (exact) mass is 281 g/mol. The summed E-state index contributed by atoms with van der Waals surface area (Å²) in [7, 11) is 0. The van der Waals surface area contributed by atoms with E-state index in [1.165, 1.54) is 38.0 Å². The zero-order valence-corrected chi connectivity index (χ0v) is 14.2. The van der Waals surface area contributed by atoms with Gasteiger partial charge in [0.05, 0.1) is 0 Å². The lowest BCUT2D eigenvalue weighted by Gasteiger charge is -2.19. The highest BCUT2D eigenvalue weighted by atomic mass is 15.1. The molecule has 0 fully saturated rings. The predicted molar refractivity (Wildman–Crippen MR) is 91.0 cm³/mol. The number of rotatable bonds is 7. The molecule has 0 aliphatic rings. The molecule has 0 spiro atoms. The number of hydrogen-bond acceptors (Lipinski definition) is 3. The Hall–Kier alpha value is -0.930. The van der Waals surface area contributed by atoms with E-state index in [9.17, 15) is 0 Å². The van der Waals surface area contributed by atoms with E-state index in [0.717, 1.165) is 13.0 Å². The molecule has 0 bridgehead atoms. The smallest absolute Gasteiger partial charge is 0.0270 e. The molecule has 2 N–H and O–H groups in total. The Kier molecular flexibility index (Phi) is 19.3. The van der Waals surface area contributed by atoms with E-state index in [1.54, 1.807) is 12.4 Å². The van der Waals surface area contributed by atoms with Gasteiger partial charge in [-0.05, 0) is 70.1 Å². The van der Waals surface area contributed by atoms with Crippen LogP contribution in [0.2, 0.25) is 0 Å². The van der Waals surface area contributed by atoms with Crippen molar-refractivity contribution in [2.75, 3.05) is 26.2 Å². The Labute approximate surface area is 126 Å². The standard InChI is InChI=1S/C9H22N2.C6H7N.C2H6/c1-3-7-11(8-4-2)9-5-6-10;1-6-2-4-7-5-3-6;1-2/h3-10H2,1-2H3;2-5H,1H3;1-2H3. The molecule has 0 atom stereocenters. The van der Waals surface area contributed by atoms with Crippen LogP contribution in [0.3, 0.4) is 0 Å². The van der Waals surface area contributed by atoms with Crippen LogP contribution in [0.25, 0.3) is 0 Å². The van der Waals surface area contributed by atoms with Gasteiger partial charge < -0.3 is 10.6 Å². The van der Waals surface area contributed by atoms with Gasteiger partial charge in [0.1, 0.15) is 0 Å². The minimum Gasteiger partial charge on any atom is -0.330 e. The molecule has 0 saturated carbocycles. The molecule has 3 nitrogen and oxygen atoms in total. The Morgan fingerprint density at radius 2 is 1.50 bits per heavy atom. The van der Waals surface area contributed by atoms with Crippen LogP contribution in [-0.2, 0) is 0 Å². The van der Waals surface area contributed by atoms with Crippen molar-refractivity contribution in [1.29, 1.82) is 0 Å². The molecule has 1 rings (SSSR count). The van der Waals surface area contributed by atoms with Crippen LogP contribution in [0.15, 0.2) is 24.5 Å². The molecule has 118 valence electrons. The van der Waals surface area contributed by atoms with Gasteiger partial charge in [0.2, 0.25) is 0 Å². The number of hydrogen-bond donors (Lipinski definition) is 1. The summed E-state index contributed by atoms with van der Waals surface area (Å²) in [6.07, 6.45) is 7.22. The second-order valence-corrected chi connectivity index (χ2v) is 4.51. The number of aryl methyl sites for hydroxylation is 1. The summed E-state index contributed by atoms with van der Waals surface area (Å²) in [5.74, 6) is 0. The van der Waals surface area contributed by atoms with Crippen LogP contribution in [0.4, 0.5) is 0 Å². The van der Waals surface area contributed by atoms with E-state index in [0.29, 0.717) is 0 Å². The zero-order valence-electron chi connectivity index (χ0n) is 14.2. The van der Waals surface area contributed by atoms with Crippen LogP contribution in [0.1, 0.15) is 52.5 Å². The zero-order chi connectivity index (χ0) is 15.6. The Morgan fingerprint density at radius 3 is 1.80 bits per heavy atom. The van der Waals surface area contributed by atoms with Crippen LogP contribution < -0.4 is 5.73 Å². The molecule has 1 aromatic rings. The van der Waals surface area contributed by atoms with Crippen molar-refractivity contribution >= 4 is 0 Å². The molecule has 0 aromatic carbocycles. The average Bonchev–Trinajstić information content (AvgIpc) is 2.49. The minimum absolute atomic E-state index is 0.823. The molecular formula is C17H35N3. The molecule has 0 saturated heterocycles. The van der Waals surface area contributed by atoms with Gasteiger partial charge in [0.15, 0.2) is 0 Å². The van der Waals surface area contributed by atoms with Crippen molar-refractivity contribution in [1.82, 2.24) is 9.88 Å². The normalized spacial score (nSPS) is 9.35. The fraction of sp³-hybridized carbons (Fsp3) is 0.706. The third kappa shape index (κ3) is 15.1. The van der Waals surface area contributed by atoms with Crippen LogP contribution >= 0.6 is 0 Å². The van der Waals surface area contributed by atoms with Crippen LogP contribution in [-0.4, -0.2) is 36.1 Å². The van der Waals surface area contributed by atoms with Gasteiger partial charge in [-0.2, -0.15) is 0 Å². The number of nitrogens with zero attached hydrogens (tertiary/aromatic N) is 2. The molecule has 1 heterocycles. The fourth-order valence-corrected chi connectivity index (χ4v) is 1.71. The molecule has 0 radical (unpaired) electrons. The van der Waals surface area contributed by atoms with Gasteiger partial charge in [0.25, 0.3) is 0 Å². The van der Waals surface area contributed by atoms with E-state index in [1.807, 2.05) is 32.9 Å². The average molecular weight is 281 g/mol. The maximum Gasteiger partial charge on any atom is 0.0270 e. The van der Waals surface area contributed by atoms with E-state index < -0.39 is 0 Å². The summed E-state index contributed by atoms with van der Waals surface area (Å²) in [6.45, 7) is 15.0. The molecule has 0 amide bonds. The van der Waals surface area contributed by atoms with Gasteiger partial charge in [-0.15, -0.1) is 0 Å². The van der Waals surface area contributed by atoms with Crippen LogP contribution in [0, 0.1) is 6.92 Å². The van der Waals surface area contributed by atoms with E-state index in [2.05, 4.69) is 23.7 Å². The molecule has 0 unspecified atom stereocenters. The highest BCUT2D eigenvalue weighted by Crippen LogP contribution is 1.94. The largest absolute Gasteiger partial charge is 0.330 e. The molecule has 1 aromatic heterocycles. The van der Waals surface area contributed by atoms with Crippen molar-refractivity contribution < 1.29 is 0 Å². The van der Waals surface area contributed by atoms with E-state index >= 15 is 0 Å². The quantitative estimate of drug-likeness (QED) is 0.825. The first-order valence-electron chi connectivity index (χ1n) is 8.03. The predicted octanol–water partition coefficient (Wildman–Crippen LogP) is 3.87. The summed E-state index contributed by atoms with van der Waals surface area (Å²) in [6, 6.07) is 3.94. The topological polar surface area (TPSA) is 42.1 Å². The molecule has 3 heteroatoms. The molecular weight excluding hydrogens is 246 g/mol. The number of aromatic nitrogens is 1. The number of nitrogens with two attached hydrogens (primary N) is 1. The first-order valence-corrected chi connectivity index (χ1v) is 8.03. The Bertz CT molecular complexity index is 256. The first-order chi connectivity index (χ1) is 9.74. The summed E-state index contributed by atoms with van der Waals surface area (Å²) >= 11 is 0. The van der Waals surface area contributed by atoms with Gasteiger partial charge in [-0.25, -0.2) is 0 Å². The SMILES string of the molecule is CC.CCCN(CCC)CCCN.Cc1ccncc1. The van der Waals surface area contributed by atoms with E-state index in [-0.39, 0.29) is 0 Å². The van der Waals surface area contributed by atoms with Crippen LogP contribution in [0.5, 0.6) is 0 Å².